The number of aromatic nitrogens is 1. The Morgan fingerprint density at radius 2 is 2.16 bits per heavy atom. The van der Waals surface area contributed by atoms with Crippen molar-refractivity contribution in [3.63, 3.8) is 0 Å². The Kier molecular flexibility index (Phi) is 2.98. The molecule has 0 amide bonds. The maximum Gasteiger partial charge on any atom is 0.186 e. The van der Waals surface area contributed by atoms with Gasteiger partial charge in [0.05, 0.1) is 30.5 Å². The molecule has 7 nitrogen and oxygen atoms in total. The number of carbonyl (C=O) groups is 1. The molecule has 3 rings (SSSR count). The number of fused-ring (bicyclic) bond motifs is 1. The first-order chi connectivity index (χ1) is 9.13. The highest BCUT2D eigenvalue weighted by molar-refractivity contribution is 6.09. The molecule has 19 heavy (non-hydrogen) atoms. The van der Waals surface area contributed by atoms with Gasteiger partial charge in [0.1, 0.15) is 11.8 Å². The van der Waals surface area contributed by atoms with E-state index in [1.165, 1.54) is 6.21 Å². The molecule has 0 spiro atoms. The van der Waals surface area contributed by atoms with Gasteiger partial charge >= 0.3 is 0 Å². The molecule has 102 valence electrons. The van der Waals surface area contributed by atoms with Crippen LogP contribution in [0.1, 0.15) is 28.5 Å². The first kappa shape index (κ1) is 12.5. The number of hydrogen-bond donors (Lipinski definition) is 5. The van der Waals surface area contributed by atoms with E-state index in [0.29, 0.717) is 16.9 Å². The van der Waals surface area contributed by atoms with E-state index in [9.17, 15) is 15.0 Å². The standard InChI is InChI=1S/C12H15N3O4/c16-4-6-11(18)12(19)9(15-6)5-3-14-10-7(17)1-2-13-8(5)10/h2-3,6,9,11-12,14-16,18-19H,1,4H2. The lowest BCUT2D eigenvalue weighted by Crippen LogP contribution is -2.35. The molecule has 1 aromatic rings. The van der Waals surface area contributed by atoms with E-state index in [-0.39, 0.29) is 18.8 Å². The highest BCUT2D eigenvalue weighted by atomic mass is 16.3. The number of aliphatic hydroxyl groups is 3. The van der Waals surface area contributed by atoms with E-state index in [2.05, 4.69) is 15.3 Å². The number of hydrogen-bond acceptors (Lipinski definition) is 6. The topological polar surface area (TPSA) is 118 Å². The van der Waals surface area contributed by atoms with Crippen molar-refractivity contribution < 1.29 is 20.1 Å². The number of aliphatic hydroxyl groups excluding tert-OH is 3. The maximum atomic E-state index is 11.7. The third-order valence-corrected chi connectivity index (χ3v) is 3.69. The summed E-state index contributed by atoms with van der Waals surface area (Å²) in [6.07, 6.45) is 1.30. The van der Waals surface area contributed by atoms with Crippen LogP contribution in [0.4, 0.5) is 5.69 Å². The summed E-state index contributed by atoms with van der Waals surface area (Å²) in [5.41, 5.74) is 1.55. The SMILES string of the molecule is O=C1CC=Nc2c(C3NC(CO)C(O)C3O)c[nH]c21. The van der Waals surface area contributed by atoms with Gasteiger partial charge in [-0.15, -0.1) is 0 Å². The molecule has 0 aromatic carbocycles. The highest BCUT2D eigenvalue weighted by Gasteiger charge is 2.43. The smallest absolute Gasteiger partial charge is 0.186 e. The number of carbonyl (C=O) groups excluding carboxylic acids is 1. The number of Topliss-reactive ketones (excluding diaryl/α,β-unsaturated/α-hetero) is 1. The van der Waals surface area contributed by atoms with Crippen LogP contribution in [0.3, 0.4) is 0 Å². The number of aromatic amines is 1. The second kappa shape index (κ2) is 4.53. The monoisotopic (exact) mass is 265 g/mol. The van der Waals surface area contributed by atoms with E-state index in [4.69, 9.17) is 5.11 Å². The van der Waals surface area contributed by atoms with Gasteiger partial charge in [0.25, 0.3) is 0 Å². The van der Waals surface area contributed by atoms with Crippen LogP contribution in [0.25, 0.3) is 0 Å². The minimum absolute atomic E-state index is 0.0528. The zero-order valence-electron chi connectivity index (χ0n) is 10.1. The normalized spacial score (nSPS) is 33.7. The van der Waals surface area contributed by atoms with E-state index in [1.807, 2.05) is 0 Å². The molecule has 1 saturated heterocycles. The predicted molar refractivity (Wildman–Crippen MR) is 66.7 cm³/mol. The van der Waals surface area contributed by atoms with E-state index < -0.39 is 24.3 Å². The summed E-state index contributed by atoms with van der Waals surface area (Å²) in [4.78, 5) is 18.7. The van der Waals surface area contributed by atoms with Crippen LogP contribution in [-0.4, -0.2) is 57.2 Å². The summed E-state index contributed by atoms with van der Waals surface area (Å²) in [6.45, 7) is -0.274. The van der Waals surface area contributed by atoms with Gasteiger partial charge in [-0.2, -0.15) is 0 Å². The summed E-state index contributed by atoms with van der Waals surface area (Å²) in [5.74, 6) is -0.0528. The van der Waals surface area contributed by atoms with Crippen molar-refractivity contribution in [1.82, 2.24) is 10.3 Å². The Morgan fingerprint density at radius 3 is 2.84 bits per heavy atom. The van der Waals surface area contributed by atoms with Crippen molar-refractivity contribution in [2.75, 3.05) is 6.61 Å². The number of nitrogens with one attached hydrogen (secondary N) is 2. The van der Waals surface area contributed by atoms with Crippen LogP contribution in [-0.2, 0) is 0 Å². The number of rotatable bonds is 2. The van der Waals surface area contributed by atoms with E-state index in [0.717, 1.165) is 0 Å². The van der Waals surface area contributed by atoms with E-state index >= 15 is 0 Å². The molecular formula is C12H15N3O4. The highest BCUT2D eigenvalue weighted by Crippen LogP contribution is 2.37. The van der Waals surface area contributed by atoms with Gasteiger partial charge in [-0.3, -0.25) is 9.79 Å². The molecule has 1 fully saturated rings. The molecule has 7 heteroatoms. The largest absolute Gasteiger partial charge is 0.395 e. The van der Waals surface area contributed by atoms with Crippen molar-refractivity contribution in [3.8, 4) is 0 Å². The number of nitrogens with zero attached hydrogens (tertiary/aromatic N) is 1. The Bertz CT molecular complexity index is 539. The molecule has 0 saturated carbocycles. The van der Waals surface area contributed by atoms with Crippen molar-refractivity contribution in [2.24, 2.45) is 4.99 Å². The molecule has 3 heterocycles. The van der Waals surface area contributed by atoms with Crippen molar-refractivity contribution in [3.05, 3.63) is 17.5 Å². The van der Waals surface area contributed by atoms with Gasteiger partial charge < -0.3 is 25.6 Å². The lowest BCUT2D eigenvalue weighted by Gasteiger charge is -2.16. The lowest BCUT2D eigenvalue weighted by molar-refractivity contribution is 0.0195. The Morgan fingerprint density at radius 1 is 1.37 bits per heavy atom. The minimum Gasteiger partial charge on any atom is -0.395 e. The van der Waals surface area contributed by atoms with Gasteiger partial charge in [0.2, 0.25) is 0 Å². The molecule has 2 aliphatic rings. The van der Waals surface area contributed by atoms with Crippen LogP contribution < -0.4 is 5.32 Å². The van der Waals surface area contributed by atoms with Crippen molar-refractivity contribution >= 4 is 17.7 Å². The molecule has 0 aliphatic carbocycles. The summed E-state index contributed by atoms with van der Waals surface area (Å²) >= 11 is 0. The Balaban J connectivity index is 1.97. The Hall–Kier alpha value is -1.54. The van der Waals surface area contributed by atoms with Crippen LogP contribution in [0.15, 0.2) is 11.2 Å². The van der Waals surface area contributed by atoms with Crippen LogP contribution in [0, 0.1) is 0 Å². The van der Waals surface area contributed by atoms with Crippen LogP contribution >= 0.6 is 0 Å². The fourth-order valence-electron chi connectivity index (χ4n) is 2.64. The number of ketones is 1. The summed E-state index contributed by atoms with van der Waals surface area (Å²) < 4.78 is 0. The van der Waals surface area contributed by atoms with Gasteiger partial charge in [0, 0.05) is 24.4 Å². The van der Waals surface area contributed by atoms with E-state index in [1.54, 1.807) is 6.20 Å². The molecule has 5 N–H and O–H groups in total. The molecule has 4 unspecified atom stereocenters. The predicted octanol–water partition coefficient (Wildman–Crippen LogP) is -0.970. The van der Waals surface area contributed by atoms with Gasteiger partial charge in [-0.05, 0) is 0 Å². The minimum atomic E-state index is -1.05. The zero-order valence-corrected chi connectivity index (χ0v) is 10.1. The lowest BCUT2D eigenvalue weighted by atomic mass is 10.0. The summed E-state index contributed by atoms with van der Waals surface area (Å²) in [5, 5.41) is 31.9. The average molecular weight is 265 g/mol. The fraction of sp³-hybridized carbons (Fsp3) is 0.500. The third kappa shape index (κ3) is 1.82. The molecule has 4 atom stereocenters. The Labute approximate surface area is 109 Å². The molecule has 1 aromatic heterocycles. The van der Waals surface area contributed by atoms with Crippen molar-refractivity contribution in [2.45, 2.75) is 30.7 Å². The quantitative estimate of drug-likeness (QED) is 0.471. The number of aliphatic imine (C=N–C) groups is 1. The molecular weight excluding hydrogens is 250 g/mol. The van der Waals surface area contributed by atoms with Gasteiger partial charge in [-0.25, -0.2) is 0 Å². The second-order valence-electron chi connectivity index (χ2n) is 4.82. The number of H-pyrrole nitrogens is 1. The van der Waals surface area contributed by atoms with Gasteiger partial charge in [0.15, 0.2) is 5.78 Å². The van der Waals surface area contributed by atoms with Crippen LogP contribution in [0.2, 0.25) is 0 Å². The summed E-state index contributed by atoms with van der Waals surface area (Å²) in [6, 6.07) is -1.15. The third-order valence-electron chi connectivity index (χ3n) is 3.69. The first-order valence-electron chi connectivity index (χ1n) is 6.13. The van der Waals surface area contributed by atoms with Gasteiger partial charge in [-0.1, -0.05) is 0 Å². The molecule has 0 radical (unpaired) electrons. The zero-order chi connectivity index (χ0) is 13.6. The fourth-order valence-corrected chi connectivity index (χ4v) is 2.64. The molecule has 0 bridgehead atoms. The first-order valence-corrected chi connectivity index (χ1v) is 6.13. The second-order valence-corrected chi connectivity index (χ2v) is 4.82. The summed E-state index contributed by atoms with van der Waals surface area (Å²) in [7, 11) is 0. The van der Waals surface area contributed by atoms with Crippen LogP contribution in [0.5, 0.6) is 0 Å². The average Bonchev–Trinajstić information content (AvgIpc) is 2.94. The van der Waals surface area contributed by atoms with Crippen molar-refractivity contribution in [1.29, 1.82) is 0 Å². The maximum absolute atomic E-state index is 11.7. The molecule has 2 aliphatic heterocycles.